The molecule has 1 aromatic heterocycles. The fourth-order valence-electron chi connectivity index (χ4n) is 6.17. The van der Waals surface area contributed by atoms with Crippen LogP contribution in [0.15, 0.2) is 29.6 Å². The van der Waals surface area contributed by atoms with E-state index in [1.54, 1.807) is 12.4 Å². The van der Waals surface area contributed by atoms with Crippen LogP contribution in [0.3, 0.4) is 0 Å². The molecule has 2 heterocycles. The number of nitrogens with one attached hydrogen (secondary N) is 1. The number of likely N-dealkylation sites (tertiary alicyclic amines) is 1. The molecule has 0 bridgehead atoms. The number of carbonyl (C=O) groups excluding carboxylic acids is 3. The van der Waals surface area contributed by atoms with Crippen LogP contribution in [-0.2, 0) is 9.59 Å². The molecule has 1 unspecified atom stereocenters. The Morgan fingerprint density at radius 1 is 1.11 bits per heavy atom. The summed E-state index contributed by atoms with van der Waals surface area (Å²) in [6, 6.07) is 5.48. The number of ketones is 3. The van der Waals surface area contributed by atoms with Crippen molar-refractivity contribution in [2.45, 2.75) is 70.8 Å². The van der Waals surface area contributed by atoms with Gasteiger partial charge in [0.2, 0.25) is 5.78 Å². The van der Waals surface area contributed by atoms with Crippen molar-refractivity contribution in [2.24, 2.45) is 17.8 Å². The summed E-state index contributed by atoms with van der Waals surface area (Å²) in [4.78, 5) is 46.9. The standard InChI is InChI=1S/C30H40FN3O3S/c1-30(2,3)34-14-12-19(13-15-34)25(16-22(35)17-32-4)28(37)23-6-5-7-24(23)29-33-26(18-38-29)27(36)20-8-10-21(31)11-9-20/h8-11,18-19,23-25,32H,5-7,12-17H2,1-4H3/t23?,24-,25+/m1/s1. The molecule has 2 aliphatic rings. The van der Waals surface area contributed by atoms with Crippen LogP contribution in [0.5, 0.6) is 0 Å². The molecule has 2 fully saturated rings. The van der Waals surface area contributed by atoms with Gasteiger partial charge < -0.3 is 5.32 Å². The molecular formula is C30H40FN3O3S. The van der Waals surface area contributed by atoms with Crippen LogP contribution in [-0.4, -0.2) is 59.5 Å². The molecule has 1 N–H and O–H groups in total. The van der Waals surface area contributed by atoms with Gasteiger partial charge in [-0.25, -0.2) is 9.37 Å². The summed E-state index contributed by atoms with van der Waals surface area (Å²) in [6.07, 6.45) is 4.71. The smallest absolute Gasteiger partial charge is 0.212 e. The number of nitrogens with zero attached hydrogens (tertiary/aromatic N) is 2. The fraction of sp³-hybridized carbons (Fsp3) is 0.600. The van der Waals surface area contributed by atoms with Crippen LogP contribution >= 0.6 is 11.3 Å². The van der Waals surface area contributed by atoms with Crippen LogP contribution in [0.1, 0.15) is 86.3 Å². The molecule has 38 heavy (non-hydrogen) atoms. The number of hydrogen-bond donors (Lipinski definition) is 1. The Hall–Kier alpha value is -2.29. The summed E-state index contributed by atoms with van der Waals surface area (Å²) < 4.78 is 13.3. The van der Waals surface area contributed by atoms with E-state index in [1.165, 1.54) is 35.6 Å². The maximum Gasteiger partial charge on any atom is 0.212 e. The highest BCUT2D eigenvalue weighted by atomic mass is 32.1. The van der Waals surface area contributed by atoms with E-state index in [9.17, 15) is 18.8 Å². The third-order valence-corrected chi connectivity index (χ3v) is 9.28. The molecule has 4 rings (SSSR count). The molecule has 0 spiro atoms. The Balaban J connectivity index is 1.51. The van der Waals surface area contributed by atoms with Crippen molar-refractivity contribution in [3.63, 3.8) is 0 Å². The van der Waals surface area contributed by atoms with E-state index in [0.29, 0.717) is 11.3 Å². The number of Topliss-reactive ketones (excluding diaryl/α,β-unsaturated/α-hetero) is 2. The Bertz CT molecular complexity index is 1130. The quantitative estimate of drug-likeness (QED) is 0.413. The van der Waals surface area contributed by atoms with Crippen molar-refractivity contribution >= 4 is 28.7 Å². The van der Waals surface area contributed by atoms with Gasteiger partial charge in [0.25, 0.3) is 0 Å². The number of thiazole rings is 1. The summed E-state index contributed by atoms with van der Waals surface area (Å²) in [5.74, 6) is -0.622. The molecule has 1 aliphatic carbocycles. The van der Waals surface area contributed by atoms with Gasteiger partial charge in [0.05, 0.1) is 11.6 Å². The highest BCUT2D eigenvalue weighted by Gasteiger charge is 2.43. The average Bonchev–Trinajstić information content (AvgIpc) is 3.57. The van der Waals surface area contributed by atoms with Gasteiger partial charge in [-0.05, 0) is 96.8 Å². The Morgan fingerprint density at radius 2 is 1.79 bits per heavy atom. The SMILES string of the molecule is CNCC(=O)C[C@H](C(=O)C1CCC[C@H]1c1nc(C(=O)c2ccc(F)cc2)cs1)C1CCN(C(C)(C)C)CC1. The van der Waals surface area contributed by atoms with Crippen molar-refractivity contribution in [3.8, 4) is 0 Å². The molecule has 1 aliphatic heterocycles. The number of piperidine rings is 1. The van der Waals surface area contributed by atoms with Gasteiger partial charge in [0.15, 0.2) is 0 Å². The number of hydrogen-bond acceptors (Lipinski definition) is 7. The number of halogens is 1. The normalized spacial score (nSPS) is 21.9. The van der Waals surface area contributed by atoms with Gasteiger partial charge in [-0.1, -0.05) is 6.42 Å². The second-order valence-electron chi connectivity index (χ2n) is 11.8. The highest BCUT2D eigenvalue weighted by Crippen LogP contribution is 2.44. The molecule has 6 nitrogen and oxygen atoms in total. The summed E-state index contributed by atoms with van der Waals surface area (Å²) >= 11 is 1.42. The lowest BCUT2D eigenvalue weighted by Crippen LogP contribution is -2.48. The number of rotatable bonds is 10. The van der Waals surface area contributed by atoms with Gasteiger partial charge in [-0.2, -0.15) is 0 Å². The monoisotopic (exact) mass is 541 g/mol. The minimum Gasteiger partial charge on any atom is -0.313 e. The van der Waals surface area contributed by atoms with Crippen molar-refractivity contribution in [3.05, 3.63) is 51.7 Å². The van der Waals surface area contributed by atoms with Gasteiger partial charge in [0, 0.05) is 40.7 Å². The second-order valence-corrected chi connectivity index (χ2v) is 12.7. The molecule has 0 amide bonds. The number of likely N-dealkylation sites (N-methyl/N-ethyl adjacent to an activating group) is 1. The average molecular weight is 542 g/mol. The number of carbonyl (C=O) groups is 3. The van der Waals surface area contributed by atoms with Crippen molar-refractivity contribution < 1.29 is 18.8 Å². The third-order valence-electron chi connectivity index (χ3n) is 8.30. The zero-order valence-electron chi connectivity index (χ0n) is 23.0. The maximum atomic E-state index is 14.1. The van der Waals surface area contributed by atoms with Crippen LogP contribution < -0.4 is 5.32 Å². The van der Waals surface area contributed by atoms with Gasteiger partial charge in [-0.3, -0.25) is 19.3 Å². The molecule has 1 saturated carbocycles. The number of benzene rings is 1. The first-order valence-corrected chi connectivity index (χ1v) is 14.7. The molecule has 206 valence electrons. The molecule has 2 aromatic rings. The van der Waals surface area contributed by atoms with E-state index in [0.717, 1.165) is 50.2 Å². The fourth-order valence-corrected chi connectivity index (χ4v) is 7.17. The predicted molar refractivity (Wildman–Crippen MR) is 148 cm³/mol. The Morgan fingerprint density at radius 3 is 2.42 bits per heavy atom. The van der Waals surface area contributed by atoms with Crippen LogP contribution in [0.25, 0.3) is 0 Å². The van der Waals surface area contributed by atoms with E-state index < -0.39 is 0 Å². The first-order chi connectivity index (χ1) is 18.1. The largest absolute Gasteiger partial charge is 0.313 e. The third kappa shape index (κ3) is 6.64. The number of aromatic nitrogens is 1. The Labute approximate surface area is 229 Å². The lowest BCUT2D eigenvalue weighted by molar-refractivity contribution is -0.133. The summed E-state index contributed by atoms with van der Waals surface area (Å²) in [7, 11) is 1.76. The van der Waals surface area contributed by atoms with Gasteiger partial charge in [-0.15, -0.1) is 11.3 Å². The molecule has 1 saturated heterocycles. The minimum atomic E-state index is -0.389. The predicted octanol–water partition coefficient (Wildman–Crippen LogP) is 5.27. The van der Waals surface area contributed by atoms with Gasteiger partial charge in [0.1, 0.15) is 23.1 Å². The first-order valence-electron chi connectivity index (χ1n) is 13.8. The van der Waals surface area contributed by atoms with E-state index in [4.69, 9.17) is 0 Å². The molecule has 0 radical (unpaired) electrons. The van der Waals surface area contributed by atoms with Crippen molar-refractivity contribution in [1.82, 2.24) is 15.2 Å². The van der Waals surface area contributed by atoms with E-state index >= 15 is 0 Å². The summed E-state index contributed by atoms with van der Waals surface area (Å²) in [6.45, 7) is 8.82. The molecule has 3 atom stereocenters. The van der Waals surface area contributed by atoms with E-state index in [-0.39, 0.29) is 65.3 Å². The van der Waals surface area contributed by atoms with Gasteiger partial charge >= 0.3 is 0 Å². The molecular weight excluding hydrogens is 501 g/mol. The maximum absolute atomic E-state index is 14.1. The summed E-state index contributed by atoms with van der Waals surface area (Å²) in [5, 5.41) is 5.51. The lowest BCUT2D eigenvalue weighted by Gasteiger charge is -2.43. The minimum absolute atomic E-state index is 0.0289. The zero-order chi connectivity index (χ0) is 27.4. The van der Waals surface area contributed by atoms with Crippen molar-refractivity contribution in [1.29, 1.82) is 0 Å². The van der Waals surface area contributed by atoms with Crippen LogP contribution in [0.2, 0.25) is 0 Å². The molecule has 1 aromatic carbocycles. The summed E-state index contributed by atoms with van der Waals surface area (Å²) in [5.41, 5.74) is 0.827. The first kappa shape index (κ1) is 28.7. The Kier molecular flexibility index (Phi) is 9.27. The second kappa shape index (κ2) is 12.3. The van der Waals surface area contributed by atoms with Crippen LogP contribution in [0, 0.1) is 23.6 Å². The van der Waals surface area contributed by atoms with E-state index in [1.807, 2.05) is 0 Å². The lowest BCUT2D eigenvalue weighted by atomic mass is 9.73. The topological polar surface area (TPSA) is 79.4 Å². The van der Waals surface area contributed by atoms with E-state index in [2.05, 4.69) is 36.0 Å². The molecule has 8 heteroatoms. The zero-order valence-corrected chi connectivity index (χ0v) is 23.8. The van der Waals surface area contributed by atoms with Crippen LogP contribution in [0.4, 0.5) is 4.39 Å². The highest BCUT2D eigenvalue weighted by molar-refractivity contribution is 7.10. The van der Waals surface area contributed by atoms with Crippen molar-refractivity contribution in [2.75, 3.05) is 26.7 Å².